The van der Waals surface area contributed by atoms with Crippen molar-refractivity contribution in [1.29, 1.82) is 0 Å². The van der Waals surface area contributed by atoms with Gasteiger partial charge in [-0.15, -0.1) is 11.3 Å². The normalized spacial score (nSPS) is 14.6. The van der Waals surface area contributed by atoms with Gasteiger partial charge < -0.3 is 5.11 Å². The summed E-state index contributed by atoms with van der Waals surface area (Å²) in [7, 11) is 0. The molecule has 1 aliphatic carbocycles. The number of aromatic nitrogens is 1. The molecule has 158 valence electrons. The Labute approximate surface area is 183 Å². The molecule has 3 nitrogen and oxygen atoms in total. The van der Waals surface area contributed by atoms with Crippen LogP contribution in [0.15, 0.2) is 24.3 Å². The van der Waals surface area contributed by atoms with Gasteiger partial charge in [0.15, 0.2) is 0 Å². The monoisotopic (exact) mass is 421 g/mol. The van der Waals surface area contributed by atoms with Crippen LogP contribution >= 0.6 is 11.3 Å². The average Bonchev–Trinajstić information content (AvgIpc) is 3.11. The number of thiophene rings is 1. The fourth-order valence-corrected chi connectivity index (χ4v) is 6.00. The largest absolute Gasteiger partial charge is 0.481 e. The van der Waals surface area contributed by atoms with Crippen LogP contribution in [0.4, 0.5) is 0 Å². The smallest absolute Gasteiger partial charge is 0.306 e. The summed E-state index contributed by atoms with van der Waals surface area (Å²) in [6, 6.07) is 9.02. The van der Waals surface area contributed by atoms with Gasteiger partial charge in [-0.3, -0.25) is 4.79 Å². The first-order valence-corrected chi connectivity index (χ1v) is 12.1. The van der Waals surface area contributed by atoms with Crippen LogP contribution in [0.25, 0.3) is 21.3 Å². The topological polar surface area (TPSA) is 50.2 Å². The minimum absolute atomic E-state index is 0.303. The highest BCUT2D eigenvalue weighted by molar-refractivity contribution is 7.19. The molecule has 0 amide bonds. The van der Waals surface area contributed by atoms with Gasteiger partial charge in [-0.05, 0) is 86.1 Å². The molecule has 2 heterocycles. The van der Waals surface area contributed by atoms with Crippen molar-refractivity contribution in [2.45, 2.75) is 72.1 Å². The van der Waals surface area contributed by atoms with E-state index in [1.807, 2.05) is 11.3 Å². The number of aliphatic carboxylic acids is 1. The number of nitrogens with zero attached hydrogens (tertiary/aromatic N) is 1. The van der Waals surface area contributed by atoms with Crippen molar-refractivity contribution < 1.29 is 9.90 Å². The maximum Gasteiger partial charge on any atom is 0.306 e. The van der Waals surface area contributed by atoms with E-state index in [2.05, 4.69) is 38.1 Å². The first kappa shape index (κ1) is 21.0. The first-order chi connectivity index (χ1) is 14.5. The van der Waals surface area contributed by atoms with E-state index < -0.39 is 5.97 Å². The van der Waals surface area contributed by atoms with E-state index in [4.69, 9.17) is 4.98 Å². The molecule has 2 aromatic heterocycles. The maximum absolute atomic E-state index is 11.2. The molecule has 0 saturated carbocycles. The fraction of sp³-hybridized carbons (Fsp3) is 0.462. The quantitative estimate of drug-likeness (QED) is 0.459. The van der Waals surface area contributed by atoms with Gasteiger partial charge in [0.25, 0.3) is 0 Å². The molecule has 0 aliphatic heterocycles. The van der Waals surface area contributed by atoms with Gasteiger partial charge in [-0.25, -0.2) is 4.98 Å². The van der Waals surface area contributed by atoms with E-state index in [9.17, 15) is 9.90 Å². The summed E-state index contributed by atoms with van der Waals surface area (Å²) in [5.41, 5.74) is 7.89. The molecule has 1 aliphatic rings. The van der Waals surface area contributed by atoms with Gasteiger partial charge in [-0.1, -0.05) is 38.1 Å². The molecule has 3 aromatic rings. The zero-order valence-corrected chi connectivity index (χ0v) is 19.1. The molecule has 4 rings (SSSR count). The number of pyridine rings is 1. The summed E-state index contributed by atoms with van der Waals surface area (Å²) in [4.78, 5) is 19.0. The Balaban J connectivity index is 1.84. The highest BCUT2D eigenvalue weighted by Crippen LogP contribution is 2.43. The minimum atomic E-state index is -0.706. The van der Waals surface area contributed by atoms with Crippen molar-refractivity contribution in [3.05, 3.63) is 51.5 Å². The number of aryl methyl sites for hydroxylation is 4. The number of rotatable bonds is 7. The molecule has 1 N–H and O–H groups in total. The van der Waals surface area contributed by atoms with Crippen LogP contribution in [0.5, 0.6) is 0 Å². The Morgan fingerprint density at radius 1 is 1.20 bits per heavy atom. The molecule has 0 bridgehead atoms. The van der Waals surface area contributed by atoms with Crippen LogP contribution in [0.3, 0.4) is 0 Å². The van der Waals surface area contributed by atoms with E-state index in [-0.39, 0.29) is 5.92 Å². The molecule has 0 radical (unpaired) electrons. The Bertz CT molecular complexity index is 1070. The Morgan fingerprint density at radius 2 is 1.93 bits per heavy atom. The summed E-state index contributed by atoms with van der Waals surface area (Å²) >= 11 is 1.88. The van der Waals surface area contributed by atoms with Crippen LogP contribution in [-0.4, -0.2) is 16.1 Å². The SMILES string of the molecule is CCc1ccc(-c2c(CCCC(C)C(=O)O)c(C)nc3sc4c(c23)CCCC4)cc1. The maximum atomic E-state index is 11.2. The van der Waals surface area contributed by atoms with Gasteiger partial charge in [0.2, 0.25) is 0 Å². The summed E-state index contributed by atoms with van der Waals surface area (Å²) < 4.78 is 0. The molecule has 30 heavy (non-hydrogen) atoms. The molecule has 1 atom stereocenters. The molecule has 0 spiro atoms. The lowest BCUT2D eigenvalue weighted by molar-refractivity contribution is -0.141. The number of hydrogen-bond donors (Lipinski definition) is 1. The van der Waals surface area contributed by atoms with Crippen LogP contribution < -0.4 is 0 Å². The highest BCUT2D eigenvalue weighted by atomic mass is 32.1. The van der Waals surface area contributed by atoms with Crippen molar-refractivity contribution in [2.75, 3.05) is 0 Å². The van der Waals surface area contributed by atoms with Gasteiger partial charge in [-0.2, -0.15) is 0 Å². The predicted molar refractivity (Wildman–Crippen MR) is 126 cm³/mol. The molecule has 1 aromatic carbocycles. The molecular weight excluding hydrogens is 390 g/mol. The number of carboxylic acid groups (broad SMARTS) is 1. The number of benzene rings is 1. The van der Waals surface area contributed by atoms with Gasteiger partial charge in [0, 0.05) is 16.0 Å². The summed E-state index contributed by atoms with van der Waals surface area (Å²) in [6.07, 6.45) is 8.34. The van der Waals surface area contributed by atoms with E-state index in [0.717, 1.165) is 31.4 Å². The lowest BCUT2D eigenvalue weighted by Crippen LogP contribution is -2.10. The second-order valence-electron chi connectivity index (χ2n) is 8.62. The molecular formula is C26H31NO2S. The van der Waals surface area contributed by atoms with Crippen LogP contribution in [-0.2, 0) is 30.5 Å². The summed E-state index contributed by atoms with van der Waals surface area (Å²) in [6.45, 7) is 6.11. The lowest BCUT2D eigenvalue weighted by atomic mass is 9.87. The van der Waals surface area contributed by atoms with Crippen LogP contribution in [0.2, 0.25) is 0 Å². The Morgan fingerprint density at radius 3 is 2.63 bits per heavy atom. The van der Waals surface area contributed by atoms with Gasteiger partial charge in [0.05, 0.1) is 5.92 Å². The third kappa shape index (κ3) is 4.02. The Kier molecular flexibility index (Phi) is 6.24. The standard InChI is InChI=1S/C26H31NO2S/c1-4-18-12-14-19(15-13-18)23-20(10-7-8-16(2)26(28)29)17(3)27-25-24(23)21-9-5-6-11-22(21)30-25/h12-16H,4-11H2,1-3H3,(H,28,29). The second-order valence-corrected chi connectivity index (χ2v) is 9.71. The Hall–Kier alpha value is -2.20. The molecule has 4 heteroatoms. The van der Waals surface area contributed by atoms with Crippen LogP contribution in [0, 0.1) is 12.8 Å². The molecule has 0 fully saturated rings. The highest BCUT2D eigenvalue weighted by Gasteiger charge is 2.23. The zero-order chi connectivity index (χ0) is 21.3. The summed E-state index contributed by atoms with van der Waals surface area (Å²) in [5.74, 6) is -1.01. The molecule has 1 unspecified atom stereocenters. The predicted octanol–water partition coefficient (Wildman–Crippen LogP) is 6.76. The van der Waals surface area contributed by atoms with Gasteiger partial charge >= 0.3 is 5.97 Å². The van der Waals surface area contributed by atoms with E-state index >= 15 is 0 Å². The zero-order valence-electron chi connectivity index (χ0n) is 18.3. The van der Waals surface area contributed by atoms with Gasteiger partial charge in [0.1, 0.15) is 4.83 Å². The fourth-order valence-electron chi connectivity index (χ4n) is 4.68. The minimum Gasteiger partial charge on any atom is -0.481 e. The van der Waals surface area contributed by atoms with Crippen molar-refractivity contribution in [3.8, 4) is 11.1 Å². The van der Waals surface area contributed by atoms with E-state index in [0.29, 0.717) is 6.42 Å². The van der Waals surface area contributed by atoms with Crippen molar-refractivity contribution in [2.24, 2.45) is 5.92 Å². The van der Waals surface area contributed by atoms with Crippen molar-refractivity contribution in [3.63, 3.8) is 0 Å². The van der Waals surface area contributed by atoms with E-state index in [1.165, 1.54) is 62.2 Å². The van der Waals surface area contributed by atoms with Crippen LogP contribution in [0.1, 0.15) is 66.8 Å². The second kappa shape index (κ2) is 8.89. The average molecular weight is 422 g/mol. The number of carboxylic acids is 1. The third-order valence-electron chi connectivity index (χ3n) is 6.55. The third-order valence-corrected chi connectivity index (χ3v) is 7.73. The molecule has 0 saturated heterocycles. The number of carbonyl (C=O) groups is 1. The number of hydrogen-bond acceptors (Lipinski definition) is 3. The first-order valence-electron chi connectivity index (χ1n) is 11.3. The van der Waals surface area contributed by atoms with Crippen molar-refractivity contribution in [1.82, 2.24) is 4.98 Å². The van der Waals surface area contributed by atoms with Crippen molar-refractivity contribution >= 4 is 27.5 Å². The number of fused-ring (bicyclic) bond motifs is 3. The summed E-state index contributed by atoms with van der Waals surface area (Å²) in [5, 5.41) is 10.6. The van der Waals surface area contributed by atoms with E-state index in [1.54, 1.807) is 6.92 Å². The lowest BCUT2D eigenvalue weighted by Gasteiger charge is -2.18.